The molecule has 0 aromatic carbocycles. The van der Waals surface area contributed by atoms with Gasteiger partial charge in [-0.2, -0.15) is 0 Å². The van der Waals surface area contributed by atoms with Crippen LogP contribution in [0.2, 0.25) is 6.04 Å². The first-order valence-electron chi connectivity index (χ1n) is 4.39. The molecule has 5 heteroatoms. The summed E-state index contributed by atoms with van der Waals surface area (Å²) in [5.41, 5.74) is 5.11. The Balaban J connectivity index is 0. The number of hydrogen-bond acceptors (Lipinski definition) is 4. The summed E-state index contributed by atoms with van der Waals surface area (Å²) >= 11 is 0. The summed E-state index contributed by atoms with van der Waals surface area (Å²) in [4.78, 5) is 0. The summed E-state index contributed by atoms with van der Waals surface area (Å²) in [6.45, 7) is 5.88. The van der Waals surface area contributed by atoms with Crippen LogP contribution in [0.4, 0.5) is 0 Å². The van der Waals surface area contributed by atoms with Crippen LogP contribution < -0.4 is 5.73 Å². The van der Waals surface area contributed by atoms with Gasteiger partial charge < -0.3 is 19.0 Å². The highest BCUT2D eigenvalue weighted by atomic mass is 28.4. The van der Waals surface area contributed by atoms with Crippen LogP contribution in [0.5, 0.6) is 0 Å². The summed E-state index contributed by atoms with van der Waals surface area (Å²) in [5.74, 6) is 0. The van der Waals surface area contributed by atoms with Gasteiger partial charge in [0.05, 0.1) is 0 Å². The van der Waals surface area contributed by atoms with E-state index in [-0.39, 0.29) is 0 Å². The molecule has 0 heterocycles. The van der Waals surface area contributed by atoms with Crippen LogP contribution in [-0.2, 0) is 13.3 Å². The Bertz CT molecular complexity index is 87.3. The molecule has 4 nitrogen and oxygen atoms in total. The van der Waals surface area contributed by atoms with Gasteiger partial charge in [-0.1, -0.05) is 20.8 Å². The van der Waals surface area contributed by atoms with E-state index in [9.17, 15) is 0 Å². The van der Waals surface area contributed by atoms with E-state index in [1.165, 1.54) is 0 Å². The van der Waals surface area contributed by atoms with Crippen LogP contribution >= 0.6 is 0 Å². The molecule has 2 N–H and O–H groups in total. The summed E-state index contributed by atoms with van der Waals surface area (Å²) in [5, 5.41) is 0. The molecule has 0 radical (unpaired) electrons. The molecule has 0 amide bonds. The van der Waals surface area contributed by atoms with Gasteiger partial charge in [-0.3, -0.25) is 0 Å². The topological polar surface area (TPSA) is 53.7 Å². The molecule has 0 aromatic heterocycles. The van der Waals surface area contributed by atoms with Gasteiger partial charge in [-0.15, -0.1) is 0 Å². The standard InChI is InChI=1S/C5H14O3Si.C3H9N/c1-5-9(6-2,7-3)8-4;1-3(2)4/h5H2,1-4H3;3H,4H2,1-2H3. The largest absolute Gasteiger partial charge is 0.499 e. The molecule has 0 aliphatic rings. The van der Waals surface area contributed by atoms with Crippen molar-refractivity contribution >= 4 is 8.80 Å². The van der Waals surface area contributed by atoms with E-state index in [0.29, 0.717) is 6.04 Å². The fourth-order valence-corrected chi connectivity index (χ4v) is 2.05. The zero-order valence-electron chi connectivity index (χ0n) is 9.59. The minimum absolute atomic E-state index is 0.333. The van der Waals surface area contributed by atoms with Crippen LogP contribution in [0.1, 0.15) is 20.8 Å². The molecular formula is C8H23NO3Si. The van der Waals surface area contributed by atoms with E-state index in [4.69, 9.17) is 19.0 Å². The van der Waals surface area contributed by atoms with Gasteiger partial charge in [0.25, 0.3) is 0 Å². The monoisotopic (exact) mass is 209 g/mol. The van der Waals surface area contributed by atoms with E-state index in [2.05, 4.69) is 0 Å². The van der Waals surface area contributed by atoms with E-state index in [1.54, 1.807) is 21.3 Å². The molecule has 0 saturated heterocycles. The first-order chi connectivity index (χ1) is 5.97. The number of nitrogens with two attached hydrogens (primary N) is 1. The third-order valence-corrected chi connectivity index (χ3v) is 4.10. The summed E-state index contributed by atoms with van der Waals surface area (Å²) < 4.78 is 15.2. The van der Waals surface area contributed by atoms with E-state index < -0.39 is 8.80 Å². The molecule has 0 fully saturated rings. The average Bonchev–Trinajstić information content (AvgIpc) is 2.09. The lowest BCUT2D eigenvalue weighted by molar-refractivity contribution is 0.125. The second-order valence-electron chi connectivity index (χ2n) is 2.89. The number of hydrogen-bond donors (Lipinski definition) is 1. The van der Waals surface area contributed by atoms with Gasteiger partial charge in [-0.25, -0.2) is 0 Å². The molecule has 0 bridgehead atoms. The maximum Gasteiger partial charge on any atom is 0.499 e. The Kier molecular flexibility index (Phi) is 10.3. The molecule has 0 atom stereocenters. The van der Waals surface area contributed by atoms with E-state index >= 15 is 0 Å². The van der Waals surface area contributed by atoms with Crippen molar-refractivity contribution in [2.45, 2.75) is 32.9 Å². The maximum atomic E-state index is 5.11. The SMILES string of the molecule is CC(C)N.CC[Si](OC)(OC)OC. The fourth-order valence-electron chi connectivity index (χ4n) is 0.683. The predicted octanol–water partition coefficient (Wildman–Crippen LogP) is 1.24. The molecule has 13 heavy (non-hydrogen) atoms. The quantitative estimate of drug-likeness (QED) is 0.708. The van der Waals surface area contributed by atoms with E-state index in [1.807, 2.05) is 20.8 Å². The smallest absolute Gasteiger partial charge is 0.377 e. The van der Waals surface area contributed by atoms with Crippen LogP contribution in [0.3, 0.4) is 0 Å². The highest BCUT2D eigenvalue weighted by Crippen LogP contribution is 2.10. The fraction of sp³-hybridized carbons (Fsp3) is 1.00. The normalized spacial score (nSPS) is 11.1. The van der Waals surface area contributed by atoms with E-state index in [0.717, 1.165) is 6.04 Å². The van der Waals surface area contributed by atoms with Gasteiger partial charge in [-0.05, 0) is 6.04 Å². The van der Waals surface area contributed by atoms with Crippen LogP contribution in [0.15, 0.2) is 0 Å². The second kappa shape index (κ2) is 8.65. The van der Waals surface area contributed by atoms with Crippen molar-refractivity contribution in [2.24, 2.45) is 5.73 Å². The van der Waals surface area contributed by atoms with Crippen molar-refractivity contribution < 1.29 is 13.3 Å². The Morgan fingerprint density at radius 2 is 1.31 bits per heavy atom. The molecular weight excluding hydrogens is 186 g/mol. The lowest BCUT2D eigenvalue weighted by atomic mass is 10.5. The lowest BCUT2D eigenvalue weighted by Gasteiger charge is -2.22. The van der Waals surface area contributed by atoms with Gasteiger partial charge in [0, 0.05) is 27.4 Å². The van der Waals surface area contributed by atoms with Crippen molar-refractivity contribution in [3.05, 3.63) is 0 Å². The molecule has 0 aliphatic heterocycles. The van der Waals surface area contributed by atoms with Gasteiger partial charge in [0.2, 0.25) is 0 Å². The van der Waals surface area contributed by atoms with Crippen molar-refractivity contribution in [1.82, 2.24) is 0 Å². The Hall–Kier alpha value is 0.0569. The highest BCUT2D eigenvalue weighted by molar-refractivity contribution is 6.60. The number of rotatable bonds is 4. The second-order valence-corrected chi connectivity index (χ2v) is 6.19. The van der Waals surface area contributed by atoms with Gasteiger partial charge in [0.1, 0.15) is 0 Å². The Morgan fingerprint density at radius 3 is 1.31 bits per heavy atom. The first kappa shape index (κ1) is 15.5. The molecule has 82 valence electrons. The predicted molar refractivity (Wildman–Crippen MR) is 56.6 cm³/mol. The minimum Gasteiger partial charge on any atom is -0.377 e. The first-order valence-corrected chi connectivity index (χ1v) is 6.32. The van der Waals surface area contributed by atoms with Crippen molar-refractivity contribution in [2.75, 3.05) is 21.3 Å². The van der Waals surface area contributed by atoms with Crippen molar-refractivity contribution in [3.8, 4) is 0 Å². The third-order valence-electron chi connectivity index (χ3n) is 1.37. The summed E-state index contributed by atoms with van der Waals surface area (Å²) in [6.07, 6.45) is 0. The van der Waals surface area contributed by atoms with Crippen LogP contribution in [-0.4, -0.2) is 36.2 Å². The summed E-state index contributed by atoms with van der Waals surface area (Å²) in [7, 11) is 2.65. The van der Waals surface area contributed by atoms with Crippen LogP contribution in [0.25, 0.3) is 0 Å². The Morgan fingerprint density at radius 1 is 1.08 bits per heavy atom. The molecule has 0 unspecified atom stereocenters. The highest BCUT2D eigenvalue weighted by Gasteiger charge is 2.34. The molecule has 0 aromatic rings. The van der Waals surface area contributed by atoms with Gasteiger partial charge >= 0.3 is 8.80 Å². The van der Waals surface area contributed by atoms with Crippen molar-refractivity contribution in [3.63, 3.8) is 0 Å². The minimum atomic E-state index is -2.19. The van der Waals surface area contributed by atoms with Crippen LogP contribution in [0, 0.1) is 0 Å². The maximum absolute atomic E-state index is 5.11. The lowest BCUT2D eigenvalue weighted by Crippen LogP contribution is -2.41. The molecule has 0 rings (SSSR count). The van der Waals surface area contributed by atoms with Crippen molar-refractivity contribution in [1.29, 1.82) is 0 Å². The zero-order chi connectivity index (χ0) is 10.9. The average molecular weight is 209 g/mol. The third kappa shape index (κ3) is 8.39. The zero-order valence-corrected chi connectivity index (χ0v) is 10.6. The summed E-state index contributed by atoms with van der Waals surface area (Å²) in [6, 6.07) is 1.15. The molecule has 0 saturated carbocycles. The molecule has 0 aliphatic carbocycles. The molecule has 0 spiro atoms. The van der Waals surface area contributed by atoms with Gasteiger partial charge in [0.15, 0.2) is 0 Å². The Labute approximate surface area is 82.7 Å².